The molecule has 2 aromatic heterocycles. The minimum atomic E-state index is 0.0445. The van der Waals surface area contributed by atoms with E-state index in [4.69, 9.17) is 11.6 Å². The summed E-state index contributed by atoms with van der Waals surface area (Å²) < 4.78 is 1.93. The average Bonchev–Trinajstić information content (AvgIpc) is 3.62. The Bertz CT molecular complexity index is 1270. The van der Waals surface area contributed by atoms with Crippen LogP contribution in [-0.4, -0.2) is 68.7 Å². The molecule has 1 saturated heterocycles. The lowest BCUT2D eigenvalue weighted by atomic mass is 9.95. The number of benzene rings is 2. The van der Waals surface area contributed by atoms with E-state index < -0.39 is 0 Å². The van der Waals surface area contributed by atoms with Crippen molar-refractivity contribution in [1.82, 2.24) is 35.3 Å². The van der Waals surface area contributed by atoms with Crippen LogP contribution < -0.4 is 10.6 Å². The zero-order valence-electron chi connectivity index (χ0n) is 20.9. The fourth-order valence-corrected chi connectivity index (χ4v) is 5.48. The molecule has 194 valence electrons. The second-order valence-corrected chi connectivity index (χ2v) is 9.95. The van der Waals surface area contributed by atoms with Crippen molar-refractivity contribution < 1.29 is 4.79 Å². The summed E-state index contributed by atoms with van der Waals surface area (Å²) in [5.74, 6) is 0.474. The Morgan fingerprint density at radius 3 is 2.81 bits per heavy atom. The summed E-state index contributed by atoms with van der Waals surface area (Å²) in [5, 5.41) is 15.6. The number of H-pyrrole nitrogens is 1. The normalized spacial score (nSPS) is 17.2. The smallest absolute Gasteiger partial charge is 0.221 e. The zero-order valence-corrected chi connectivity index (χ0v) is 21.7. The Hall–Kier alpha value is -3.20. The number of aryl methyl sites for hydroxylation is 1. The number of hydrogen-bond donors (Lipinski definition) is 3. The second kappa shape index (κ2) is 12.4. The van der Waals surface area contributed by atoms with Gasteiger partial charge in [-0.2, -0.15) is 0 Å². The van der Waals surface area contributed by atoms with Gasteiger partial charge in [0.2, 0.25) is 5.91 Å². The molecule has 4 aromatic rings. The van der Waals surface area contributed by atoms with Gasteiger partial charge in [0.1, 0.15) is 12.7 Å². The van der Waals surface area contributed by atoms with Crippen LogP contribution in [-0.2, 0) is 11.2 Å². The topological polar surface area (TPSA) is 90.9 Å². The number of piperazine rings is 1. The van der Waals surface area contributed by atoms with Crippen molar-refractivity contribution in [3.05, 3.63) is 78.5 Å². The van der Waals surface area contributed by atoms with Gasteiger partial charge in [0.15, 0.2) is 0 Å². The predicted octanol–water partition coefficient (Wildman–Crippen LogP) is 3.83. The van der Waals surface area contributed by atoms with E-state index >= 15 is 0 Å². The van der Waals surface area contributed by atoms with E-state index in [-0.39, 0.29) is 11.9 Å². The van der Waals surface area contributed by atoms with Gasteiger partial charge in [0.05, 0.1) is 0 Å². The van der Waals surface area contributed by atoms with E-state index in [1.54, 1.807) is 12.7 Å². The molecule has 37 heavy (non-hydrogen) atoms. The summed E-state index contributed by atoms with van der Waals surface area (Å²) in [6.07, 6.45) is 9.11. The van der Waals surface area contributed by atoms with Gasteiger partial charge in [-0.25, -0.2) is 0 Å². The summed E-state index contributed by atoms with van der Waals surface area (Å²) in [6, 6.07) is 17.2. The molecule has 2 aromatic carbocycles. The van der Waals surface area contributed by atoms with Gasteiger partial charge in [-0.05, 0) is 48.6 Å². The number of amides is 1. The fraction of sp³-hybridized carbons (Fsp3) is 0.393. The van der Waals surface area contributed by atoms with Crippen LogP contribution >= 0.6 is 11.6 Å². The summed E-state index contributed by atoms with van der Waals surface area (Å²) in [7, 11) is 0. The molecule has 0 bridgehead atoms. The van der Waals surface area contributed by atoms with Gasteiger partial charge in [-0.15, -0.1) is 21.8 Å². The summed E-state index contributed by atoms with van der Waals surface area (Å²) in [6.45, 7) is 3.27. The maximum atomic E-state index is 12.7. The first-order valence-corrected chi connectivity index (χ1v) is 13.6. The van der Waals surface area contributed by atoms with Gasteiger partial charge in [0.25, 0.3) is 0 Å². The quantitative estimate of drug-likeness (QED) is 0.262. The number of aromatic nitrogens is 4. The van der Waals surface area contributed by atoms with Crippen LogP contribution in [0.3, 0.4) is 0 Å². The lowest BCUT2D eigenvalue weighted by Crippen LogP contribution is -2.53. The Balaban J connectivity index is 1.28. The molecule has 2 atom stereocenters. The van der Waals surface area contributed by atoms with Crippen LogP contribution in [0, 0.1) is 0 Å². The number of carbonyl (C=O) groups is 1. The van der Waals surface area contributed by atoms with Crippen molar-refractivity contribution in [3.63, 3.8) is 0 Å². The van der Waals surface area contributed by atoms with Crippen LogP contribution in [0.15, 0.2) is 67.4 Å². The zero-order chi connectivity index (χ0) is 25.5. The molecule has 0 aliphatic carbocycles. The first kappa shape index (κ1) is 25.4. The molecule has 1 aliphatic rings. The molecule has 3 heterocycles. The highest BCUT2D eigenvalue weighted by Gasteiger charge is 2.31. The highest BCUT2D eigenvalue weighted by molar-refractivity contribution is 6.18. The third kappa shape index (κ3) is 6.21. The van der Waals surface area contributed by atoms with Crippen LogP contribution in [0.4, 0.5) is 0 Å². The Kier molecular flexibility index (Phi) is 8.50. The minimum Gasteiger partial charge on any atom is -0.361 e. The maximum Gasteiger partial charge on any atom is 0.221 e. The molecular weight excluding hydrogens is 486 g/mol. The second-order valence-electron chi connectivity index (χ2n) is 9.57. The third-order valence-electron chi connectivity index (χ3n) is 7.23. The van der Waals surface area contributed by atoms with Crippen molar-refractivity contribution in [2.75, 3.05) is 32.1 Å². The number of hydrogen-bond acceptors (Lipinski definition) is 5. The van der Waals surface area contributed by atoms with Gasteiger partial charge in [-0.1, -0.05) is 30.3 Å². The molecule has 0 radical (unpaired) electrons. The number of halogens is 1. The van der Waals surface area contributed by atoms with Gasteiger partial charge >= 0.3 is 0 Å². The van der Waals surface area contributed by atoms with E-state index in [1.165, 1.54) is 16.5 Å². The van der Waals surface area contributed by atoms with E-state index in [1.807, 2.05) is 10.6 Å². The number of rotatable bonds is 11. The van der Waals surface area contributed by atoms with Crippen LogP contribution in [0.25, 0.3) is 16.6 Å². The molecule has 3 N–H and O–H groups in total. The molecule has 2 unspecified atom stereocenters. The number of nitrogens with zero attached hydrogens (tertiary/aromatic N) is 4. The highest BCUT2D eigenvalue weighted by Crippen LogP contribution is 2.30. The first-order valence-electron chi connectivity index (χ1n) is 13.0. The van der Waals surface area contributed by atoms with Crippen molar-refractivity contribution in [1.29, 1.82) is 0 Å². The fourth-order valence-electron chi connectivity index (χ4n) is 5.39. The highest BCUT2D eigenvalue weighted by atomic mass is 35.5. The third-order valence-corrected chi connectivity index (χ3v) is 7.42. The molecule has 9 heteroatoms. The van der Waals surface area contributed by atoms with Crippen molar-refractivity contribution in [2.45, 2.75) is 37.8 Å². The number of alkyl halides is 1. The van der Waals surface area contributed by atoms with Crippen LogP contribution in [0.1, 0.15) is 36.4 Å². The van der Waals surface area contributed by atoms with Crippen molar-refractivity contribution in [3.8, 4) is 5.69 Å². The number of nitrogens with one attached hydrogen (secondary N) is 3. The predicted molar refractivity (Wildman–Crippen MR) is 147 cm³/mol. The molecular formula is C28H34ClN7O. The number of aromatic amines is 1. The molecule has 0 spiro atoms. The van der Waals surface area contributed by atoms with E-state index in [9.17, 15) is 4.79 Å². The van der Waals surface area contributed by atoms with Gasteiger partial charge < -0.3 is 15.6 Å². The average molecular weight is 520 g/mol. The molecule has 8 nitrogen and oxygen atoms in total. The Labute approximate surface area is 222 Å². The molecule has 5 rings (SSSR count). The molecule has 0 saturated carbocycles. The largest absolute Gasteiger partial charge is 0.361 e. The SMILES string of the molecule is O=C(CC(c1ccccc1)N1CCNCC1CCCc1c[nH]c2ccc(-n3cnnc3)cc12)NCCCl. The standard InChI is InChI=1S/C28H34ClN7O/c29-11-12-31-28(37)16-27(21-5-2-1-3-6-21)36-14-13-30-18-24(36)8-4-7-22-17-32-26-10-9-23(15-25(22)26)35-19-33-34-20-35/h1-3,5-6,9-10,15,17,19-20,24,27,30,32H,4,7-8,11-14,16,18H2,(H,31,37). The Morgan fingerprint density at radius 1 is 1.16 bits per heavy atom. The minimum absolute atomic E-state index is 0.0445. The summed E-state index contributed by atoms with van der Waals surface area (Å²) >= 11 is 5.80. The van der Waals surface area contributed by atoms with E-state index in [2.05, 4.69) is 79.4 Å². The van der Waals surface area contributed by atoms with Crippen LogP contribution in [0.5, 0.6) is 0 Å². The van der Waals surface area contributed by atoms with E-state index in [0.717, 1.165) is 50.1 Å². The van der Waals surface area contributed by atoms with E-state index in [0.29, 0.717) is 24.9 Å². The Morgan fingerprint density at radius 2 is 2.00 bits per heavy atom. The first-order chi connectivity index (χ1) is 18.2. The van der Waals surface area contributed by atoms with Crippen molar-refractivity contribution >= 4 is 28.4 Å². The van der Waals surface area contributed by atoms with Gasteiger partial charge in [0, 0.05) is 73.4 Å². The molecule has 1 fully saturated rings. The van der Waals surface area contributed by atoms with Crippen molar-refractivity contribution in [2.24, 2.45) is 0 Å². The summed E-state index contributed by atoms with van der Waals surface area (Å²) in [5.41, 5.74) is 4.70. The van der Waals surface area contributed by atoms with Gasteiger partial charge in [-0.3, -0.25) is 14.3 Å². The maximum absolute atomic E-state index is 12.7. The summed E-state index contributed by atoms with van der Waals surface area (Å²) in [4.78, 5) is 18.7. The number of carbonyl (C=O) groups excluding carboxylic acids is 1. The lowest BCUT2D eigenvalue weighted by molar-refractivity contribution is -0.122. The monoisotopic (exact) mass is 519 g/mol. The molecule has 1 amide bonds. The lowest BCUT2D eigenvalue weighted by Gasteiger charge is -2.42. The number of fused-ring (bicyclic) bond motifs is 1. The molecule has 1 aliphatic heterocycles. The van der Waals surface area contributed by atoms with Crippen LogP contribution in [0.2, 0.25) is 0 Å².